The Kier molecular flexibility index (Phi) is 7.96. The van der Waals surface area contributed by atoms with Crippen molar-refractivity contribution < 1.29 is 4.43 Å². The van der Waals surface area contributed by atoms with Gasteiger partial charge in [-0.1, -0.05) is 38.3 Å². The zero-order valence-corrected chi connectivity index (χ0v) is 10.0. The Balaban J connectivity index is 3.66. The van der Waals surface area contributed by atoms with Gasteiger partial charge in [-0.05, 0) is 12.8 Å². The van der Waals surface area contributed by atoms with Crippen molar-refractivity contribution in [3.63, 3.8) is 0 Å². The number of hydrogen-bond acceptors (Lipinski definition) is 1. The molecule has 0 aromatic rings. The first-order valence-electron chi connectivity index (χ1n) is 4.52. The van der Waals surface area contributed by atoms with E-state index in [1.165, 1.54) is 25.7 Å². The lowest BCUT2D eigenvalue weighted by atomic mass is 10.1. The van der Waals surface area contributed by atoms with Crippen LogP contribution in [0.4, 0.5) is 0 Å². The molecule has 0 spiro atoms. The molecule has 0 amide bonds. The SMILES string of the molecule is CCCC(=CCO[SiH3])CCC. The van der Waals surface area contributed by atoms with E-state index >= 15 is 0 Å². The maximum Gasteiger partial charge on any atom is 0.146 e. The molecule has 0 bridgehead atoms. The molecule has 0 aliphatic carbocycles. The summed E-state index contributed by atoms with van der Waals surface area (Å²) in [5.74, 6) is 0. The Morgan fingerprint density at radius 1 is 1.27 bits per heavy atom. The second-order valence-corrected chi connectivity index (χ2v) is 3.40. The largest absolute Gasteiger partial charge is 0.424 e. The molecule has 0 saturated carbocycles. The van der Waals surface area contributed by atoms with E-state index in [4.69, 9.17) is 4.43 Å². The van der Waals surface area contributed by atoms with Crippen LogP contribution in [0.25, 0.3) is 0 Å². The van der Waals surface area contributed by atoms with E-state index in [0.29, 0.717) is 0 Å². The fraction of sp³-hybridized carbons (Fsp3) is 0.778. The second kappa shape index (κ2) is 8.02. The van der Waals surface area contributed by atoms with Gasteiger partial charge in [0.2, 0.25) is 0 Å². The summed E-state index contributed by atoms with van der Waals surface area (Å²) in [5, 5.41) is 0. The van der Waals surface area contributed by atoms with Gasteiger partial charge in [0.1, 0.15) is 10.5 Å². The van der Waals surface area contributed by atoms with E-state index < -0.39 is 0 Å². The van der Waals surface area contributed by atoms with Crippen molar-refractivity contribution in [2.75, 3.05) is 6.61 Å². The van der Waals surface area contributed by atoms with Crippen molar-refractivity contribution >= 4 is 10.5 Å². The molecule has 0 fully saturated rings. The molecule has 2 heteroatoms. The molecule has 0 aliphatic heterocycles. The molecule has 66 valence electrons. The zero-order valence-electron chi connectivity index (χ0n) is 8.02. The fourth-order valence-corrected chi connectivity index (χ4v) is 1.34. The Morgan fingerprint density at radius 2 is 1.82 bits per heavy atom. The van der Waals surface area contributed by atoms with E-state index in [1.54, 1.807) is 5.57 Å². The summed E-state index contributed by atoms with van der Waals surface area (Å²) >= 11 is 0. The van der Waals surface area contributed by atoms with Crippen LogP contribution in [0.1, 0.15) is 39.5 Å². The molecular weight excluding hydrogens is 152 g/mol. The van der Waals surface area contributed by atoms with Crippen LogP contribution in [-0.2, 0) is 4.43 Å². The van der Waals surface area contributed by atoms with Crippen LogP contribution in [0.5, 0.6) is 0 Å². The highest BCUT2D eigenvalue weighted by molar-refractivity contribution is 5.98. The molecule has 0 N–H and O–H groups in total. The first-order chi connectivity index (χ1) is 5.35. The minimum atomic E-state index is 0.835. The highest BCUT2D eigenvalue weighted by atomic mass is 28.2. The molecule has 0 radical (unpaired) electrons. The van der Waals surface area contributed by atoms with Crippen LogP contribution in [0.3, 0.4) is 0 Å². The van der Waals surface area contributed by atoms with E-state index in [0.717, 1.165) is 17.1 Å². The summed E-state index contributed by atoms with van der Waals surface area (Å²) < 4.78 is 5.13. The van der Waals surface area contributed by atoms with Crippen molar-refractivity contribution in [1.29, 1.82) is 0 Å². The minimum Gasteiger partial charge on any atom is -0.424 e. The Morgan fingerprint density at radius 3 is 2.18 bits per heavy atom. The standard InChI is InChI=1S/C9H20OSi/c1-3-5-9(6-4-2)7-8-10-11/h7H,3-6,8H2,1-2,11H3. The van der Waals surface area contributed by atoms with Gasteiger partial charge in [0.25, 0.3) is 0 Å². The highest BCUT2D eigenvalue weighted by Crippen LogP contribution is 2.11. The lowest BCUT2D eigenvalue weighted by molar-refractivity contribution is 0.399. The van der Waals surface area contributed by atoms with Crippen molar-refractivity contribution in [1.82, 2.24) is 0 Å². The number of allylic oxidation sites excluding steroid dienone is 1. The fourth-order valence-electron chi connectivity index (χ4n) is 1.17. The van der Waals surface area contributed by atoms with Gasteiger partial charge < -0.3 is 4.43 Å². The third-order valence-electron chi connectivity index (χ3n) is 1.68. The molecule has 0 atom stereocenters. The van der Waals surface area contributed by atoms with Crippen LogP contribution >= 0.6 is 0 Å². The van der Waals surface area contributed by atoms with Crippen LogP contribution in [0, 0.1) is 0 Å². The zero-order chi connectivity index (χ0) is 8.53. The average molecular weight is 172 g/mol. The Hall–Kier alpha value is -0.0831. The molecule has 0 rings (SSSR count). The van der Waals surface area contributed by atoms with Crippen molar-refractivity contribution in [3.8, 4) is 0 Å². The molecular formula is C9H20OSi. The predicted molar refractivity (Wildman–Crippen MR) is 53.8 cm³/mol. The first-order valence-corrected chi connectivity index (χ1v) is 5.33. The average Bonchev–Trinajstić information content (AvgIpc) is 2.01. The molecule has 0 aromatic heterocycles. The van der Waals surface area contributed by atoms with E-state index in [1.807, 2.05) is 0 Å². The molecule has 0 saturated heterocycles. The molecule has 0 aromatic carbocycles. The monoisotopic (exact) mass is 172 g/mol. The van der Waals surface area contributed by atoms with Gasteiger partial charge in [0, 0.05) is 0 Å². The quantitative estimate of drug-likeness (QED) is 0.438. The molecule has 0 unspecified atom stereocenters. The van der Waals surface area contributed by atoms with Crippen LogP contribution in [-0.4, -0.2) is 17.1 Å². The Labute approximate surface area is 73.4 Å². The van der Waals surface area contributed by atoms with Crippen LogP contribution in [0.2, 0.25) is 0 Å². The van der Waals surface area contributed by atoms with E-state index in [-0.39, 0.29) is 0 Å². The second-order valence-electron chi connectivity index (χ2n) is 2.82. The molecule has 11 heavy (non-hydrogen) atoms. The molecule has 1 nitrogen and oxygen atoms in total. The van der Waals surface area contributed by atoms with Gasteiger partial charge in [-0.3, -0.25) is 0 Å². The summed E-state index contributed by atoms with van der Waals surface area (Å²) in [6.07, 6.45) is 7.26. The predicted octanol–water partition coefficient (Wildman–Crippen LogP) is 1.81. The van der Waals surface area contributed by atoms with Crippen molar-refractivity contribution in [2.24, 2.45) is 0 Å². The lowest BCUT2D eigenvalue weighted by Crippen LogP contribution is -1.89. The molecule has 0 heterocycles. The third kappa shape index (κ3) is 6.32. The molecule has 0 aliphatic rings. The van der Waals surface area contributed by atoms with Gasteiger partial charge in [-0.25, -0.2) is 0 Å². The van der Waals surface area contributed by atoms with Gasteiger partial charge in [0.05, 0.1) is 6.61 Å². The van der Waals surface area contributed by atoms with Crippen molar-refractivity contribution in [2.45, 2.75) is 39.5 Å². The van der Waals surface area contributed by atoms with Gasteiger partial charge in [0.15, 0.2) is 0 Å². The number of rotatable bonds is 6. The van der Waals surface area contributed by atoms with Crippen LogP contribution in [0.15, 0.2) is 11.6 Å². The van der Waals surface area contributed by atoms with Gasteiger partial charge >= 0.3 is 0 Å². The maximum absolute atomic E-state index is 5.13. The third-order valence-corrected chi connectivity index (χ3v) is 2.01. The van der Waals surface area contributed by atoms with E-state index in [9.17, 15) is 0 Å². The van der Waals surface area contributed by atoms with Crippen molar-refractivity contribution in [3.05, 3.63) is 11.6 Å². The summed E-state index contributed by atoms with van der Waals surface area (Å²) in [6.45, 7) is 5.29. The summed E-state index contributed by atoms with van der Waals surface area (Å²) in [5.41, 5.74) is 1.57. The maximum atomic E-state index is 5.13. The van der Waals surface area contributed by atoms with Crippen LogP contribution < -0.4 is 0 Å². The first kappa shape index (κ1) is 10.9. The summed E-state index contributed by atoms with van der Waals surface area (Å²) in [4.78, 5) is 0. The topological polar surface area (TPSA) is 9.23 Å². The minimum absolute atomic E-state index is 0.835. The number of hydrogen-bond donors (Lipinski definition) is 0. The van der Waals surface area contributed by atoms with E-state index in [2.05, 4.69) is 19.9 Å². The summed E-state index contributed by atoms with van der Waals surface area (Å²) in [7, 11) is 0.858. The Bertz CT molecular complexity index is 102. The normalized spacial score (nSPS) is 10.0. The summed E-state index contributed by atoms with van der Waals surface area (Å²) in [6, 6.07) is 0. The smallest absolute Gasteiger partial charge is 0.146 e. The highest BCUT2D eigenvalue weighted by Gasteiger charge is 1.92. The van der Waals surface area contributed by atoms with Gasteiger partial charge in [-0.15, -0.1) is 0 Å². The lowest BCUT2D eigenvalue weighted by Gasteiger charge is -2.03. The van der Waals surface area contributed by atoms with Gasteiger partial charge in [-0.2, -0.15) is 0 Å².